The molecule has 3 rings (SSSR count). The lowest BCUT2D eigenvalue weighted by Crippen LogP contribution is -2.29. The fourth-order valence-corrected chi connectivity index (χ4v) is 6.33. The van der Waals surface area contributed by atoms with E-state index >= 15 is 0 Å². The van der Waals surface area contributed by atoms with Gasteiger partial charge in [-0.2, -0.15) is 0 Å². The molecule has 7 nitrogen and oxygen atoms in total. The zero-order valence-corrected chi connectivity index (χ0v) is 29.6. The first-order valence-corrected chi connectivity index (χ1v) is 18.9. The number of rotatable bonds is 28. The van der Waals surface area contributed by atoms with E-state index in [9.17, 15) is 9.59 Å². The van der Waals surface area contributed by atoms with Crippen LogP contribution in [0.15, 0.2) is 36.4 Å². The van der Waals surface area contributed by atoms with E-state index in [4.69, 9.17) is 15.2 Å². The third-order valence-electron chi connectivity index (χ3n) is 9.06. The van der Waals surface area contributed by atoms with E-state index in [0.717, 1.165) is 64.8 Å². The Hall–Kier alpha value is -2.74. The number of nitrogens with zero attached hydrogens (tertiary/aromatic N) is 1. The summed E-state index contributed by atoms with van der Waals surface area (Å²) < 4.78 is 12.4. The predicted molar refractivity (Wildman–Crippen MR) is 194 cm³/mol. The minimum absolute atomic E-state index is 0.167. The second-order valence-electron chi connectivity index (χ2n) is 13.0. The standard InChI is InChI=1S/C40H63N3O4/c1-3-5-6-7-8-9-10-11-12-18-31-46-35-23-24-36(38-37(35)39(44)33-21-13-14-22-34(33)40(38)45)47-32-19-17-29-43(30-20-25-41)28-16-15-27-42-26-4-2/h13-14,21-24,42H,3-12,15-20,25-32,41H2,1-2H3. The number of carbonyl (C=O) groups is 2. The highest BCUT2D eigenvalue weighted by atomic mass is 16.5. The van der Waals surface area contributed by atoms with Crippen molar-refractivity contribution in [1.82, 2.24) is 10.2 Å². The van der Waals surface area contributed by atoms with Crippen LogP contribution in [0.25, 0.3) is 0 Å². The minimum atomic E-state index is -0.170. The number of fused-ring (bicyclic) bond motifs is 2. The highest BCUT2D eigenvalue weighted by Gasteiger charge is 2.35. The zero-order chi connectivity index (χ0) is 33.5. The molecule has 0 saturated heterocycles. The van der Waals surface area contributed by atoms with Crippen molar-refractivity contribution in [3.05, 3.63) is 58.7 Å². The van der Waals surface area contributed by atoms with Gasteiger partial charge in [-0.25, -0.2) is 0 Å². The molecule has 7 heteroatoms. The number of benzene rings is 2. The van der Waals surface area contributed by atoms with Gasteiger partial charge in [0.25, 0.3) is 0 Å². The Morgan fingerprint density at radius 1 is 0.574 bits per heavy atom. The van der Waals surface area contributed by atoms with Crippen molar-refractivity contribution >= 4 is 11.6 Å². The zero-order valence-electron chi connectivity index (χ0n) is 29.6. The molecule has 0 spiro atoms. The molecule has 0 bridgehead atoms. The normalized spacial score (nSPS) is 12.4. The molecule has 262 valence electrons. The Balaban J connectivity index is 1.53. The molecule has 0 atom stereocenters. The van der Waals surface area contributed by atoms with Gasteiger partial charge in [-0.3, -0.25) is 9.59 Å². The van der Waals surface area contributed by atoms with Gasteiger partial charge in [0.2, 0.25) is 0 Å². The van der Waals surface area contributed by atoms with Crippen molar-refractivity contribution in [2.24, 2.45) is 5.73 Å². The number of carbonyl (C=O) groups excluding carboxylic acids is 2. The predicted octanol–water partition coefficient (Wildman–Crippen LogP) is 8.35. The molecule has 47 heavy (non-hydrogen) atoms. The fraction of sp³-hybridized carbons (Fsp3) is 0.650. The van der Waals surface area contributed by atoms with Gasteiger partial charge in [0.15, 0.2) is 11.6 Å². The maximum atomic E-state index is 13.7. The molecule has 0 fully saturated rings. The highest BCUT2D eigenvalue weighted by Crippen LogP contribution is 2.39. The van der Waals surface area contributed by atoms with Gasteiger partial charge < -0.3 is 25.4 Å². The van der Waals surface area contributed by atoms with E-state index in [1.54, 1.807) is 24.3 Å². The van der Waals surface area contributed by atoms with Crippen LogP contribution in [-0.4, -0.2) is 68.9 Å². The van der Waals surface area contributed by atoms with E-state index < -0.39 is 0 Å². The third-order valence-corrected chi connectivity index (χ3v) is 9.06. The quantitative estimate of drug-likeness (QED) is 0.0764. The van der Waals surface area contributed by atoms with Crippen LogP contribution in [0.5, 0.6) is 11.5 Å². The summed E-state index contributed by atoms with van der Waals surface area (Å²) in [6.07, 6.45) is 18.9. The Morgan fingerprint density at radius 2 is 1.06 bits per heavy atom. The van der Waals surface area contributed by atoms with E-state index in [-0.39, 0.29) is 11.6 Å². The summed E-state index contributed by atoms with van der Waals surface area (Å²) in [5.41, 5.74) is 7.36. The molecular weight excluding hydrogens is 586 g/mol. The average molecular weight is 650 g/mol. The van der Waals surface area contributed by atoms with Crippen molar-refractivity contribution in [2.75, 3.05) is 52.5 Å². The van der Waals surface area contributed by atoms with Crippen molar-refractivity contribution in [3.8, 4) is 11.5 Å². The number of ketones is 2. The van der Waals surface area contributed by atoms with Gasteiger partial charge in [0.05, 0.1) is 24.3 Å². The Labute approximate surface area is 285 Å². The Bertz CT molecular complexity index is 1180. The number of nitrogens with two attached hydrogens (primary N) is 1. The molecule has 1 aliphatic rings. The summed E-state index contributed by atoms with van der Waals surface area (Å²) in [4.78, 5) is 30.0. The Morgan fingerprint density at radius 3 is 1.60 bits per heavy atom. The maximum Gasteiger partial charge on any atom is 0.198 e. The van der Waals surface area contributed by atoms with Crippen LogP contribution in [0.2, 0.25) is 0 Å². The highest BCUT2D eigenvalue weighted by molar-refractivity contribution is 6.30. The number of unbranched alkanes of at least 4 members (excludes halogenated alkanes) is 11. The first-order chi connectivity index (χ1) is 23.1. The molecule has 2 aromatic rings. The monoisotopic (exact) mass is 649 g/mol. The Kier molecular flexibility index (Phi) is 19.4. The maximum absolute atomic E-state index is 13.7. The molecule has 0 aliphatic heterocycles. The van der Waals surface area contributed by atoms with Crippen molar-refractivity contribution in [3.63, 3.8) is 0 Å². The van der Waals surface area contributed by atoms with E-state index in [1.165, 1.54) is 70.6 Å². The number of nitrogens with one attached hydrogen (secondary N) is 1. The molecule has 1 aliphatic carbocycles. The van der Waals surface area contributed by atoms with Gasteiger partial charge >= 0.3 is 0 Å². The second kappa shape index (κ2) is 23.6. The van der Waals surface area contributed by atoms with Crippen LogP contribution in [0.1, 0.15) is 148 Å². The van der Waals surface area contributed by atoms with Gasteiger partial charge in [0.1, 0.15) is 11.5 Å². The van der Waals surface area contributed by atoms with E-state index in [2.05, 4.69) is 24.1 Å². The summed E-state index contributed by atoms with van der Waals surface area (Å²) in [5.74, 6) is 0.616. The first kappa shape index (κ1) is 38.7. The van der Waals surface area contributed by atoms with Crippen LogP contribution < -0.4 is 20.5 Å². The molecule has 0 aromatic heterocycles. The SMILES string of the molecule is CCCCCCCCCCCCOc1ccc(OCCCCN(CCCN)CCCCNCCC)c2c1C(=O)c1ccccc1C2=O. The minimum Gasteiger partial charge on any atom is -0.493 e. The molecule has 0 saturated carbocycles. The lowest BCUT2D eigenvalue weighted by Gasteiger charge is -2.23. The summed E-state index contributed by atoms with van der Waals surface area (Å²) in [6, 6.07) is 10.7. The second-order valence-corrected chi connectivity index (χ2v) is 13.0. The molecule has 0 amide bonds. The summed E-state index contributed by atoms with van der Waals surface area (Å²) in [7, 11) is 0. The van der Waals surface area contributed by atoms with Gasteiger partial charge in [-0.05, 0) is 96.3 Å². The van der Waals surface area contributed by atoms with Gasteiger partial charge in [-0.1, -0.05) is 95.9 Å². The molecule has 0 radical (unpaired) electrons. The molecule has 0 heterocycles. The summed E-state index contributed by atoms with van der Waals surface area (Å²) >= 11 is 0. The molecule has 3 N–H and O–H groups in total. The topological polar surface area (TPSA) is 93.9 Å². The van der Waals surface area contributed by atoms with E-state index in [0.29, 0.717) is 53.5 Å². The van der Waals surface area contributed by atoms with Crippen LogP contribution in [0.4, 0.5) is 0 Å². The summed E-state index contributed by atoms with van der Waals surface area (Å²) in [5, 5.41) is 3.48. The number of hydrogen-bond donors (Lipinski definition) is 2. The molecular formula is C40H63N3O4. The summed E-state index contributed by atoms with van der Waals surface area (Å²) in [6.45, 7) is 11.4. The average Bonchev–Trinajstić information content (AvgIpc) is 3.09. The van der Waals surface area contributed by atoms with Crippen LogP contribution in [0, 0.1) is 0 Å². The third kappa shape index (κ3) is 13.4. The largest absolute Gasteiger partial charge is 0.493 e. The fourth-order valence-electron chi connectivity index (χ4n) is 6.33. The van der Waals surface area contributed by atoms with Crippen molar-refractivity contribution in [1.29, 1.82) is 0 Å². The lowest BCUT2D eigenvalue weighted by molar-refractivity contribution is 0.0971. The number of ether oxygens (including phenoxy) is 2. The number of hydrogen-bond acceptors (Lipinski definition) is 7. The molecule has 2 aromatic carbocycles. The van der Waals surface area contributed by atoms with Crippen LogP contribution in [-0.2, 0) is 0 Å². The first-order valence-electron chi connectivity index (χ1n) is 18.9. The van der Waals surface area contributed by atoms with Gasteiger partial charge in [-0.15, -0.1) is 0 Å². The lowest BCUT2D eigenvalue weighted by atomic mass is 9.83. The van der Waals surface area contributed by atoms with Crippen LogP contribution >= 0.6 is 0 Å². The van der Waals surface area contributed by atoms with Crippen molar-refractivity contribution in [2.45, 2.75) is 117 Å². The van der Waals surface area contributed by atoms with E-state index in [1.807, 2.05) is 12.1 Å². The van der Waals surface area contributed by atoms with Crippen molar-refractivity contribution < 1.29 is 19.1 Å². The van der Waals surface area contributed by atoms with Gasteiger partial charge in [0, 0.05) is 11.1 Å². The smallest absolute Gasteiger partial charge is 0.198 e. The van der Waals surface area contributed by atoms with Crippen LogP contribution in [0.3, 0.4) is 0 Å². The molecule has 0 unspecified atom stereocenters.